The second-order valence-corrected chi connectivity index (χ2v) is 4.54. The molecule has 2 rings (SSSR count). The fraction of sp³-hybridized carbons (Fsp3) is 0. The van der Waals surface area contributed by atoms with Crippen LogP contribution in [-0.2, 0) is 0 Å². The molecular formula is C10H7BrN2OS. The molecule has 0 saturated heterocycles. The molecule has 0 aliphatic rings. The third-order valence-corrected chi connectivity index (χ3v) is 3.58. The number of halogens is 1. The van der Waals surface area contributed by atoms with Gasteiger partial charge in [0.15, 0.2) is 0 Å². The van der Waals surface area contributed by atoms with Crippen LogP contribution in [0.2, 0.25) is 0 Å². The molecule has 2 N–H and O–H groups in total. The Morgan fingerprint density at radius 1 is 1.40 bits per heavy atom. The Kier molecular flexibility index (Phi) is 2.83. The van der Waals surface area contributed by atoms with Gasteiger partial charge >= 0.3 is 0 Å². The van der Waals surface area contributed by atoms with Gasteiger partial charge in [-0.15, -0.1) is 0 Å². The summed E-state index contributed by atoms with van der Waals surface area (Å²) in [4.78, 5) is 15.9. The molecule has 2 aromatic rings. The third kappa shape index (κ3) is 2.08. The summed E-state index contributed by atoms with van der Waals surface area (Å²) in [5.74, 6) is -0.0943. The van der Waals surface area contributed by atoms with Gasteiger partial charge in [0.25, 0.3) is 0 Å². The highest BCUT2D eigenvalue weighted by atomic mass is 79.9. The molecule has 0 atom stereocenters. The summed E-state index contributed by atoms with van der Waals surface area (Å²) in [5, 5.41) is 3.66. The van der Waals surface area contributed by atoms with E-state index in [0.29, 0.717) is 16.9 Å². The van der Waals surface area contributed by atoms with Crippen molar-refractivity contribution in [1.82, 2.24) is 4.98 Å². The van der Waals surface area contributed by atoms with Gasteiger partial charge in [0.2, 0.25) is 5.78 Å². The second-order valence-electron chi connectivity index (χ2n) is 2.94. The van der Waals surface area contributed by atoms with E-state index in [9.17, 15) is 4.79 Å². The van der Waals surface area contributed by atoms with Gasteiger partial charge in [0, 0.05) is 20.8 Å². The first-order valence-corrected chi connectivity index (χ1v) is 5.90. The van der Waals surface area contributed by atoms with Crippen LogP contribution in [-0.4, -0.2) is 10.8 Å². The van der Waals surface area contributed by atoms with Crippen molar-refractivity contribution in [2.75, 3.05) is 5.73 Å². The van der Waals surface area contributed by atoms with Crippen molar-refractivity contribution < 1.29 is 4.79 Å². The molecule has 0 aromatic carbocycles. The molecule has 0 bridgehead atoms. The van der Waals surface area contributed by atoms with Crippen LogP contribution in [0.15, 0.2) is 33.6 Å². The topological polar surface area (TPSA) is 56.0 Å². The predicted octanol–water partition coefficient (Wildman–Crippen LogP) is 2.72. The molecule has 0 aliphatic carbocycles. The lowest BCUT2D eigenvalue weighted by atomic mass is 10.1. The number of nitrogens with two attached hydrogens (primary N) is 1. The highest BCUT2D eigenvalue weighted by Gasteiger charge is 2.14. The lowest BCUT2D eigenvalue weighted by Gasteiger charge is -1.98. The number of rotatable bonds is 2. The normalized spacial score (nSPS) is 10.2. The Morgan fingerprint density at radius 2 is 2.20 bits per heavy atom. The van der Waals surface area contributed by atoms with Gasteiger partial charge in [-0.1, -0.05) is 0 Å². The van der Waals surface area contributed by atoms with Crippen LogP contribution in [0.25, 0.3) is 0 Å². The maximum Gasteiger partial charge on any atom is 0.213 e. The zero-order valence-corrected chi connectivity index (χ0v) is 10.0. The minimum Gasteiger partial charge on any atom is -0.397 e. The Hall–Kier alpha value is -1.20. The molecule has 3 nitrogen and oxygen atoms in total. The summed E-state index contributed by atoms with van der Waals surface area (Å²) in [7, 11) is 0. The van der Waals surface area contributed by atoms with E-state index >= 15 is 0 Å². The van der Waals surface area contributed by atoms with Crippen molar-refractivity contribution in [3.8, 4) is 0 Å². The monoisotopic (exact) mass is 282 g/mol. The number of aromatic nitrogens is 1. The molecule has 0 fully saturated rings. The van der Waals surface area contributed by atoms with Crippen LogP contribution in [0.4, 0.5) is 5.69 Å². The smallest absolute Gasteiger partial charge is 0.213 e. The number of pyridine rings is 1. The van der Waals surface area contributed by atoms with Crippen LogP contribution in [0.1, 0.15) is 16.1 Å². The number of thiophene rings is 1. The first kappa shape index (κ1) is 10.3. The quantitative estimate of drug-likeness (QED) is 0.862. The van der Waals surface area contributed by atoms with E-state index in [-0.39, 0.29) is 5.78 Å². The van der Waals surface area contributed by atoms with Gasteiger partial charge in [-0.3, -0.25) is 9.78 Å². The van der Waals surface area contributed by atoms with Crippen molar-refractivity contribution in [1.29, 1.82) is 0 Å². The van der Waals surface area contributed by atoms with E-state index in [4.69, 9.17) is 5.73 Å². The third-order valence-electron chi connectivity index (χ3n) is 1.88. The van der Waals surface area contributed by atoms with Crippen molar-refractivity contribution in [3.63, 3.8) is 0 Å². The average molecular weight is 283 g/mol. The fourth-order valence-electron chi connectivity index (χ4n) is 1.12. The molecular weight excluding hydrogens is 276 g/mol. The molecule has 0 spiro atoms. The highest BCUT2D eigenvalue weighted by Crippen LogP contribution is 2.23. The van der Waals surface area contributed by atoms with E-state index in [2.05, 4.69) is 20.9 Å². The van der Waals surface area contributed by atoms with Crippen LogP contribution in [0, 0.1) is 0 Å². The summed E-state index contributed by atoms with van der Waals surface area (Å²) in [5.41, 5.74) is 7.09. The summed E-state index contributed by atoms with van der Waals surface area (Å²) in [6.45, 7) is 0. The average Bonchev–Trinajstić information content (AvgIpc) is 2.65. The van der Waals surface area contributed by atoms with Gasteiger partial charge in [-0.2, -0.15) is 11.3 Å². The summed E-state index contributed by atoms with van der Waals surface area (Å²) >= 11 is 4.79. The van der Waals surface area contributed by atoms with Crippen molar-refractivity contribution in [3.05, 3.63) is 44.8 Å². The van der Waals surface area contributed by atoms with Gasteiger partial charge in [0.05, 0.1) is 11.9 Å². The number of nitrogen functional groups attached to an aromatic ring is 1. The van der Waals surface area contributed by atoms with Crippen LogP contribution in [0.5, 0.6) is 0 Å². The van der Waals surface area contributed by atoms with Gasteiger partial charge in [0.1, 0.15) is 5.69 Å². The number of anilines is 1. The van der Waals surface area contributed by atoms with E-state index in [1.54, 1.807) is 17.5 Å². The first-order chi connectivity index (χ1) is 7.18. The van der Waals surface area contributed by atoms with Crippen LogP contribution < -0.4 is 5.73 Å². The van der Waals surface area contributed by atoms with Crippen LogP contribution in [0.3, 0.4) is 0 Å². The van der Waals surface area contributed by atoms with Crippen molar-refractivity contribution in [2.45, 2.75) is 0 Å². The first-order valence-electron chi connectivity index (χ1n) is 4.16. The van der Waals surface area contributed by atoms with E-state index < -0.39 is 0 Å². The van der Waals surface area contributed by atoms with Crippen molar-refractivity contribution in [2.24, 2.45) is 0 Å². The highest BCUT2D eigenvalue weighted by molar-refractivity contribution is 9.10. The lowest BCUT2D eigenvalue weighted by molar-refractivity contribution is 0.103. The molecule has 5 heteroatoms. The van der Waals surface area contributed by atoms with E-state index in [1.807, 2.05) is 5.38 Å². The zero-order valence-electron chi connectivity index (χ0n) is 7.61. The number of nitrogens with zero attached hydrogens (tertiary/aromatic N) is 1. The molecule has 0 unspecified atom stereocenters. The Balaban J connectivity index is 2.37. The molecule has 2 heterocycles. The Bertz CT molecular complexity index is 492. The minimum absolute atomic E-state index is 0.0943. The predicted molar refractivity (Wildman–Crippen MR) is 64.1 cm³/mol. The summed E-state index contributed by atoms with van der Waals surface area (Å²) in [6, 6.07) is 3.29. The number of hydrogen-bond acceptors (Lipinski definition) is 4. The molecule has 2 aromatic heterocycles. The minimum atomic E-state index is -0.0943. The molecule has 0 amide bonds. The lowest BCUT2D eigenvalue weighted by Crippen LogP contribution is -2.03. The molecule has 0 aliphatic heterocycles. The molecule has 15 heavy (non-hydrogen) atoms. The summed E-state index contributed by atoms with van der Waals surface area (Å²) < 4.78 is 0.802. The van der Waals surface area contributed by atoms with E-state index in [1.165, 1.54) is 17.5 Å². The maximum absolute atomic E-state index is 11.9. The van der Waals surface area contributed by atoms with E-state index in [0.717, 1.165) is 4.47 Å². The number of ketones is 1. The standard InChI is InChI=1S/C10H7BrN2OS/c11-8-5-15-4-7(8)10(14)9-2-1-6(12)3-13-9/h1-5H,12H2. The SMILES string of the molecule is Nc1ccc(C(=O)c2cscc2Br)nc1. The number of hydrogen-bond donors (Lipinski definition) is 1. The number of carbonyl (C=O) groups excluding carboxylic acids is 1. The summed E-state index contributed by atoms with van der Waals surface area (Å²) in [6.07, 6.45) is 1.48. The number of carbonyl (C=O) groups is 1. The van der Waals surface area contributed by atoms with Gasteiger partial charge in [-0.05, 0) is 28.1 Å². The van der Waals surface area contributed by atoms with Crippen molar-refractivity contribution >= 4 is 38.7 Å². The Morgan fingerprint density at radius 3 is 2.73 bits per heavy atom. The van der Waals surface area contributed by atoms with Crippen LogP contribution >= 0.6 is 27.3 Å². The molecule has 0 radical (unpaired) electrons. The van der Waals surface area contributed by atoms with Gasteiger partial charge in [-0.25, -0.2) is 0 Å². The maximum atomic E-state index is 11.9. The largest absolute Gasteiger partial charge is 0.397 e. The molecule has 0 saturated carbocycles. The second kappa shape index (κ2) is 4.12. The Labute approximate surface area is 99.1 Å². The zero-order chi connectivity index (χ0) is 10.8. The van der Waals surface area contributed by atoms with Gasteiger partial charge < -0.3 is 5.73 Å². The fourth-order valence-corrected chi connectivity index (χ4v) is 2.58. The molecule has 76 valence electrons.